The molecule has 1 unspecified atom stereocenters. The van der Waals surface area contributed by atoms with Crippen molar-refractivity contribution in [3.63, 3.8) is 0 Å². The normalized spacial score (nSPS) is 18.0. The zero-order valence-corrected chi connectivity index (χ0v) is 19.5. The maximum Gasteiger partial charge on any atom is 0.229 e. The lowest BCUT2D eigenvalue weighted by Crippen LogP contribution is -2.47. The third-order valence-corrected chi connectivity index (χ3v) is 6.86. The molecule has 0 spiro atoms. The van der Waals surface area contributed by atoms with Crippen molar-refractivity contribution in [2.24, 2.45) is 0 Å². The van der Waals surface area contributed by atoms with Gasteiger partial charge in [0, 0.05) is 18.4 Å². The van der Waals surface area contributed by atoms with Gasteiger partial charge in [-0.2, -0.15) is 5.26 Å². The first-order valence-corrected chi connectivity index (χ1v) is 11.5. The molecule has 33 heavy (non-hydrogen) atoms. The van der Waals surface area contributed by atoms with Crippen molar-refractivity contribution in [3.05, 3.63) is 52.6 Å². The summed E-state index contributed by atoms with van der Waals surface area (Å²) in [6, 6.07) is 12.9. The average molecular weight is 468 g/mol. The molecule has 9 heteroatoms. The van der Waals surface area contributed by atoms with Crippen LogP contribution in [-0.2, 0) is 4.79 Å². The second-order valence-corrected chi connectivity index (χ2v) is 8.50. The van der Waals surface area contributed by atoms with Gasteiger partial charge in [0.05, 0.1) is 55.7 Å². The summed E-state index contributed by atoms with van der Waals surface area (Å²) in [5.41, 5.74) is 2.17. The van der Waals surface area contributed by atoms with Gasteiger partial charge >= 0.3 is 0 Å². The molecule has 1 atom stereocenters. The predicted molar refractivity (Wildman–Crippen MR) is 125 cm³/mol. The Hall–Kier alpha value is -3.51. The monoisotopic (exact) mass is 467 g/mol. The fourth-order valence-electron chi connectivity index (χ4n) is 4.06. The number of aromatic hydroxyl groups is 1. The highest BCUT2D eigenvalue weighted by molar-refractivity contribution is 8.03. The number of benzene rings is 2. The number of nitrogens with zero attached hydrogens (tertiary/aromatic N) is 3. The fourth-order valence-corrected chi connectivity index (χ4v) is 5.22. The maximum absolute atomic E-state index is 13.2. The van der Waals surface area contributed by atoms with E-state index in [1.165, 1.54) is 11.8 Å². The van der Waals surface area contributed by atoms with Crippen LogP contribution in [0.1, 0.15) is 24.8 Å². The minimum absolute atomic E-state index is 0.0339. The van der Waals surface area contributed by atoms with E-state index in [2.05, 4.69) is 6.07 Å². The number of phenols is 1. The smallest absolute Gasteiger partial charge is 0.229 e. The number of ether oxygens (including phenoxy) is 3. The average Bonchev–Trinajstić information content (AvgIpc) is 2.84. The summed E-state index contributed by atoms with van der Waals surface area (Å²) < 4.78 is 16.3. The first-order valence-electron chi connectivity index (χ1n) is 10.5. The third kappa shape index (κ3) is 4.26. The number of nitriles is 1. The van der Waals surface area contributed by atoms with Crippen LogP contribution in [0.15, 0.2) is 47.0 Å². The Kier molecular flexibility index (Phi) is 6.56. The zero-order valence-electron chi connectivity index (χ0n) is 18.7. The number of hydrogen-bond acceptors (Lipinski definition) is 8. The van der Waals surface area contributed by atoms with Gasteiger partial charge in [-0.15, -0.1) is 0 Å². The van der Waals surface area contributed by atoms with Crippen LogP contribution < -0.4 is 19.1 Å². The van der Waals surface area contributed by atoms with Crippen LogP contribution in [0.5, 0.6) is 23.0 Å². The Balaban J connectivity index is 1.66. The third-order valence-electron chi connectivity index (χ3n) is 5.71. The van der Waals surface area contributed by atoms with Gasteiger partial charge < -0.3 is 24.2 Å². The lowest BCUT2D eigenvalue weighted by molar-refractivity contribution is -0.129. The molecule has 172 valence electrons. The van der Waals surface area contributed by atoms with Gasteiger partial charge in [-0.05, 0) is 36.8 Å². The molecule has 0 bridgehead atoms. The van der Waals surface area contributed by atoms with Gasteiger partial charge in [0.25, 0.3) is 0 Å². The van der Waals surface area contributed by atoms with Gasteiger partial charge in [-0.25, -0.2) is 0 Å². The lowest BCUT2D eigenvalue weighted by atomic mass is 9.86. The van der Waals surface area contributed by atoms with Gasteiger partial charge in [-0.1, -0.05) is 17.8 Å². The number of hydrogen-bond donors (Lipinski definition) is 1. The van der Waals surface area contributed by atoms with Crippen LogP contribution in [0.4, 0.5) is 5.69 Å². The van der Waals surface area contributed by atoms with Crippen LogP contribution in [0.25, 0.3) is 0 Å². The number of carbonyl (C=O) groups excluding carboxylic acids is 1. The van der Waals surface area contributed by atoms with Crippen LogP contribution in [0, 0.1) is 11.3 Å². The second kappa shape index (κ2) is 9.55. The Morgan fingerprint density at radius 1 is 1.18 bits per heavy atom. The van der Waals surface area contributed by atoms with Gasteiger partial charge in [0.1, 0.15) is 11.5 Å². The Bertz CT molecular complexity index is 1140. The van der Waals surface area contributed by atoms with Crippen LogP contribution >= 0.6 is 11.8 Å². The molecule has 1 fully saturated rings. The van der Waals surface area contributed by atoms with E-state index >= 15 is 0 Å². The molecule has 2 heterocycles. The molecule has 0 aromatic heterocycles. The summed E-state index contributed by atoms with van der Waals surface area (Å²) in [5.74, 6) is 1.82. The summed E-state index contributed by atoms with van der Waals surface area (Å²) in [6.45, 7) is 2.56. The summed E-state index contributed by atoms with van der Waals surface area (Å²) in [7, 11) is 3.19. The first-order chi connectivity index (χ1) is 16.0. The number of fused-ring (bicyclic) bond motifs is 1. The SMILES string of the molecule is CCOc1cc(C2CC(=O)N3CN(c4ccc(OC)cc4OC)CSC3=C2C#N)ccc1O. The van der Waals surface area contributed by atoms with Gasteiger partial charge in [-0.3, -0.25) is 9.69 Å². The standard InChI is InChI=1S/C24H25N3O5S/c1-4-32-22-9-15(5-8-20(22)28)17-11-23(29)27-13-26(14-33-24(27)18(17)12-25)19-7-6-16(30-2)10-21(19)31-3/h5-10,17,28H,4,11,13-14H2,1-3H3. The minimum Gasteiger partial charge on any atom is -0.504 e. The molecule has 1 amide bonds. The fraction of sp³-hybridized carbons (Fsp3) is 0.333. The van der Waals surface area contributed by atoms with E-state index < -0.39 is 0 Å². The quantitative estimate of drug-likeness (QED) is 0.681. The highest BCUT2D eigenvalue weighted by atomic mass is 32.2. The number of thioether (sulfide) groups is 1. The van der Waals surface area contributed by atoms with E-state index in [4.69, 9.17) is 14.2 Å². The van der Waals surface area contributed by atoms with Crippen molar-refractivity contribution in [2.75, 3.05) is 38.3 Å². The number of anilines is 1. The Morgan fingerprint density at radius 3 is 2.70 bits per heavy atom. The summed E-state index contributed by atoms with van der Waals surface area (Å²) in [6.07, 6.45) is 0.164. The number of methoxy groups -OCH3 is 2. The summed E-state index contributed by atoms with van der Waals surface area (Å²) in [5, 5.41) is 20.7. The molecule has 1 N–H and O–H groups in total. The van der Waals surface area contributed by atoms with E-state index in [9.17, 15) is 15.2 Å². The van der Waals surface area contributed by atoms with Crippen molar-refractivity contribution in [1.82, 2.24) is 4.90 Å². The van der Waals surface area contributed by atoms with E-state index in [1.807, 2.05) is 24.0 Å². The molecule has 4 rings (SSSR count). The Labute approximate surface area is 196 Å². The topological polar surface area (TPSA) is 95.3 Å². The molecule has 0 saturated carbocycles. The number of carbonyl (C=O) groups is 1. The summed E-state index contributed by atoms with van der Waals surface area (Å²) >= 11 is 1.45. The number of phenolic OH excluding ortho intramolecular Hbond substituents is 1. The lowest BCUT2D eigenvalue weighted by Gasteiger charge is -2.42. The molecule has 2 aliphatic heterocycles. The summed E-state index contributed by atoms with van der Waals surface area (Å²) in [4.78, 5) is 16.9. The van der Waals surface area contributed by atoms with E-state index in [0.29, 0.717) is 47.0 Å². The zero-order chi connectivity index (χ0) is 23.5. The predicted octanol–water partition coefficient (Wildman–Crippen LogP) is 4.03. The van der Waals surface area contributed by atoms with Crippen molar-refractivity contribution in [3.8, 4) is 29.1 Å². The number of rotatable bonds is 6. The molecule has 1 saturated heterocycles. The van der Waals surface area contributed by atoms with Crippen molar-refractivity contribution < 1.29 is 24.1 Å². The van der Waals surface area contributed by atoms with E-state index in [0.717, 1.165) is 11.3 Å². The maximum atomic E-state index is 13.2. The van der Waals surface area contributed by atoms with E-state index in [1.54, 1.807) is 43.4 Å². The van der Waals surface area contributed by atoms with Crippen LogP contribution in [0.2, 0.25) is 0 Å². The van der Waals surface area contributed by atoms with Crippen LogP contribution in [-0.4, -0.2) is 49.3 Å². The molecule has 2 aliphatic rings. The molecule has 0 aliphatic carbocycles. The molecule has 0 radical (unpaired) electrons. The van der Waals surface area contributed by atoms with Crippen molar-refractivity contribution in [2.45, 2.75) is 19.3 Å². The van der Waals surface area contributed by atoms with Crippen molar-refractivity contribution in [1.29, 1.82) is 5.26 Å². The molecular weight excluding hydrogens is 442 g/mol. The molecular formula is C24H25N3O5S. The Morgan fingerprint density at radius 2 is 2.00 bits per heavy atom. The van der Waals surface area contributed by atoms with Crippen molar-refractivity contribution >= 4 is 23.4 Å². The number of amides is 1. The van der Waals surface area contributed by atoms with Crippen LogP contribution in [0.3, 0.4) is 0 Å². The van der Waals surface area contributed by atoms with E-state index in [-0.39, 0.29) is 24.0 Å². The highest BCUT2D eigenvalue weighted by Gasteiger charge is 2.39. The second-order valence-electron chi connectivity index (χ2n) is 7.56. The highest BCUT2D eigenvalue weighted by Crippen LogP contribution is 2.45. The number of allylic oxidation sites excluding steroid dienone is 1. The minimum atomic E-state index is -0.386. The largest absolute Gasteiger partial charge is 0.504 e. The molecule has 2 aromatic rings. The molecule has 8 nitrogen and oxygen atoms in total. The van der Waals surface area contributed by atoms with Gasteiger partial charge in [0.15, 0.2) is 11.5 Å². The van der Waals surface area contributed by atoms with Gasteiger partial charge in [0.2, 0.25) is 5.91 Å². The molecule has 2 aromatic carbocycles. The first kappa shape index (κ1) is 22.7.